The minimum Gasteiger partial charge on any atom is -0.378 e. The molecule has 10 heavy (non-hydrogen) atoms. The van der Waals surface area contributed by atoms with Crippen LogP contribution in [0.3, 0.4) is 0 Å². The van der Waals surface area contributed by atoms with E-state index < -0.39 is 6.67 Å². The van der Waals surface area contributed by atoms with Gasteiger partial charge in [0, 0.05) is 4.43 Å². The highest BCUT2D eigenvalue weighted by atomic mass is 127. The molecule has 2 nitrogen and oxygen atoms in total. The Bertz CT molecular complexity index is 55.7. The van der Waals surface area contributed by atoms with Crippen LogP contribution in [-0.4, -0.2) is 37.5 Å². The van der Waals surface area contributed by atoms with Gasteiger partial charge in [0.15, 0.2) is 0 Å². The average molecular weight is 262 g/mol. The number of halogens is 2. The van der Waals surface area contributed by atoms with E-state index in [4.69, 9.17) is 9.47 Å². The second-order valence-electron chi connectivity index (χ2n) is 1.60. The lowest BCUT2D eigenvalue weighted by Crippen LogP contribution is -2.07. The highest BCUT2D eigenvalue weighted by molar-refractivity contribution is 14.1. The molecule has 0 aromatic rings. The summed E-state index contributed by atoms with van der Waals surface area (Å²) in [6.45, 7) is 1.60. The summed E-state index contributed by atoms with van der Waals surface area (Å²) >= 11 is 2.23. The Morgan fingerprint density at radius 1 is 1.00 bits per heavy atom. The lowest BCUT2D eigenvalue weighted by atomic mass is 10.7. The molecule has 0 aliphatic carbocycles. The highest BCUT2D eigenvalue weighted by Crippen LogP contribution is 1.83. The fraction of sp³-hybridized carbons (Fsp3) is 1.00. The molecule has 0 heterocycles. The van der Waals surface area contributed by atoms with Gasteiger partial charge >= 0.3 is 0 Å². The van der Waals surface area contributed by atoms with Gasteiger partial charge < -0.3 is 9.47 Å². The first-order valence-corrected chi connectivity index (χ1v) is 4.71. The minimum atomic E-state index is -0.410. The molecule has 0 amide bonds. The fourth-order valence-corrected chi connectivity index (χ4v) is 0.742. The Morgan fingerprint density at radius 2 is 1.60 bits per heavy atom. The van der Waals surface area contributed by atoms with Gasteiger partial charge in [-0.2, -0.15) is 0 Å². The standard InChI is InChI=1S/C6H12FIO2/c7-1-3-9-5-6-10-4-2-8/h1-6H2. The Kier molecular flexibility index (Phi) is 10.1. The van der Waals surface area contributed by atoms with E-state index in [2.05, 4.69) is 22.6 Å². The molecule has 0 aliphatic heterocycles. The van der Waals surface area contributed by atoms with Gasteiger partial charge in [-0.05, 0) is 0 Å². The van der Waals surface area contributed by atoms with Crippen molar-refractivity contribution in [2.45, 2.75) is 0 Å². The SMILES string of the molecule is FCCOCCOCCI. The molecule has 0 saturated carbocycles. The molecule has 0 aromatic heterocycles. The van der Waals surface area contributed by atoms with Crippen molar-refractivity contribution >= 4 is 22.6 Å². The van der Waals surface area contributed by atoms with Gasteiger partial charge in [-0.15, -0.1) is 0 Å². The van der Waals surface area contributed by atoms with Gasteiger partial charge in [-0.1, -0.05) is 22.6 Å². The van der Waals surface area contributed by atoms with Gasteiger partial charge in [0.05, 0.1) is 26.4 Å². The van der Waals surface area contributed by atoms with Gasteiger partial charge in [-0.3, -0.25) is 0 Å². The van der Waals surface area contributed by atoms with Gasteiger partial charge in [-0.25, -0.2) is 4.39 Å². The number of hydrogen-bond donors (Lipinski definition) is 0. The first-order valence-electron chi connectivity index (χ1n) is 3.19. The third-order valence-electron chi connectivity index (χ3n) is 0.815. The highest BCUT2D eigenvalue weighted by Gasteiger charge is 1.87. The molecule has 0 N–H and O–H groups in total. The van der Waals surface area contributed by atoms with Crippen LogP contribution in [0.25, 0.3) is 0 Å². The Morgan fingerprint density at radius 3 is 2.10 bits per heavy atom. The van der Waals surface area contributed by atoms with E-state index in [1.54, 1.807) is 0 Å². The molecule has 0 rings (SSSR count). The number of rotatable bonds is 7. The molecule has 0 bridgehead atoms. The fourth-order valence-electron chi connectivity index (χ4n) is 0.431. The van der Waals surface area contributed by atoms with Crippen molar-refractivity contribution < 1.29 is 13.9 Å². The summed E-state index contributed by atoms with van der Waals surface area (Å²) in [5, 5.41) is 0. The largest absolute Gasteiger partial charge is 0.378 e. The Hall–Kier alpha value is 0.580. The van der Waals surface area contributed by atoms with Crippen LogP contribution < -0.4 is 0 Å². The Labute approximate surface area is 74.2 Å². The van der Waals surface area contributed by atoms with E-state index in [-0.39, 0.29) is 6.61 Å². The predicted octanol–water partition coefficient (Wildman–Crippen LogP) is 1.42. The first kappa shape index (κ1) is 10.6. The summed E-state index contributed by atoms with van der Waals surface area (Å²) in [4.78, 5) is 0. The summed E-state index contributed by atoms with van der Waals surface area (Å²) < 4.78 is 22.3. The third kappa shape index (κ3) is 8.58. The third-order valence-corrected chi connectivity index (χ3v) is 1.26. The van der Waals surface area contributed by atoms with E-state index in [0.717, 1.165) is 11.0 Å². The van der Waals surface area contributed by atoms with Crippen molar-refractivity contribution in [2.24, 2.45) is 0 Å². The quantitative estimate of drug-likeness (QED) is 0.392. The maximum absolute atomic E-state index is 11.4. The zero-order valence-electron chi connectivity index (χ0n) is 5.82. The van der Waals surface area contributed by atoms with Crippen LogP contribution in [-0.2, 0) is 9.47 Å². The van der Waals surface area contributed by atoms with E-state index in [0.29, 0.717) is 13.2 Å². The van der Waals surface area contributed by atoms with Crippen molar-refractivity contribution in [3.8, 4) is 0 Å². The van der Waals surface area contributed by atoms with Gasteiger partial charge in [0.1, 0.15) is 6.67 Å². The monoisotopic (exact) mass is 262 g/mol. The summed E-state index contributed by atoms with van der Waals surface area (Å²) in [5.74, 6) is 0. The van der Waals surface area contributed by atoms with Crippen LogP contribution in [0.15, 0.2) is 0 Å². The zero-order chi connectivity index (χ0) is 7.66. The van der Waals surface area contributed by atoms with E-state index >= 15 is 0 Å². The molecule has 0 saturated heterocycles. The summed E-state index contributed by atoms with van der Waals surface area (Å²) in [5.41, 5.74) is 0. The van der Waals surface area contributed by atoms with Crippen molar-refractivity contribution in [2.75, 3.05) is 37.5 Å². The van der Waals surface area contributed by atoms with Crippen LogP contribution >= 0.6 is 22.6 Å². The maximum atomic E-state index is 11.4. The molecule has 0 spiro atoms. The topological polar surface area (TPSA) is 18.5 Å². The molecule has 0 atom stereocenters. The number of ether oxygens (including phenoxy) is 2. The van der Waals surface area contributed by atoms with E-state index in [1.165, 1.54) is 0 Å². The smallest absolute Gasteiger partial charge is 0.113 e. The average Bonchev–Trinajstić information content (AvgIpc) is 1.97. The predicted molar refractivity (Wildman–Crippen MR) is 46.5 cm³/mol. The molecule has 0 unspecified atom stereocenters. The molecule has 0 fully saturated rings. The minimum absolute atomic E-state index is 0.188. The maximum Gasteiger partial charge on any atom is 0.113 e. The van der Waals surface area contributed by atoms with E-state index in [1.807, 2.05) is 0 Å². The van der Waals surface area contributed by atoms with Crippen molar-refractivity contribution in [3.63, 3.8) is 0 Å². The Balaban J connectivity index is 2.65. The normalized spacial score (nSPS) is 10.2. The lowest BCUT2D eigenvalue weighted by Gasteiger charge is -2.01. The summed E-state index contributed by atoms with van der Waals surface area (Å²) in [6.07, 6.45) is 0. The first-order chi connectivity index (χ1) is 4.91. The number of hydrogen-bond acceptors (Lipinski definition) is 2. The molecule has 0 radical (unpaired) electrons. The van der Waals surface area contributed by atoms with Crippen LogP contribution in [0, 0.1) is 0 Å². The molecule has 62 valence electrons. The molecular formula is C6H12FIO2. The second kappa shape index (κ2) is 9.58. The molecule has 4 heteroatoms. The molecule has 0 aromatic carbocycles. The van der Waals surface area contributed by atoms with Crippen molar-refractivity contribution in [3.05, 3.63) is 0 Å². The lowest BCUT2D eigenvalue weighted by molar-refractivity contribution is 0.0489. The zero-order valence-corrected chi connectivity index (χ0v) is 7.97. The molecule has 0 aliphatic rings. The van der Waals surface area contributed by atoms with Crippen LogP contribution in [0.1, 0.15) is 0 Å². The molecular weight excluding hydrogens is 250 g/mol. The van der Waals surface area contributed by atoms with Gasteiger partial charge in [0.2, 0.25) is 0 Å². The van der Waals surface area contributed by atoms with Crippen LogP contribution in [0.4, 0.5) is 4.39 Å². The van der Waals surface area contributed by atoms with Crippen LogP contribution in [0.5, 0.6) is 0 Å². The van der Waals surface area contributed by atoms with Crippen molar-refractivity contribution in [1.29, 1.82) is 0 Å². The number of alkyl halides is 2. The van der Waals surface area contributed by atoms with Crippen molar-refractivity contribution in [1.82, 2.24) is 0 Å². The summed E-state index contributed by atoms with van der Waals surface area (Å²) in [6, 6.07) is 0. The second-order valence-corrected chi connectivity index (χ2v) is 2.68. The van der Waals surface area contributed by atoms with Crippen LogP contribution in [0.2, 0.25) is 0 Å². The van der Waals surface area contributed by atoms with E-state index in [9.17, 15) is 4.39 Å². The summed E-state index contributed by atoms with van der Waals surface area (Å²) in [7, 11) is 0. The van der Waals surface area contributed by atoms with Gasteiger partial charge in [0.25, 0.3) is 0 Å².